The van der Waals surface area contributed by atoms with Crippen molar-refractivity contribution in [3.63, 3.8) is 0 Å². The summed E-state index contributed by atoms with van der Waals surface area (Å²) >= 11 is 0. The van der Waals surface area contributed by atoms with Crippen molar-refractivity contribution in [3.05, 3.63) is 48.0 Å². The van der Waals surface area contributed by atoms with E-state index in [0.29, 0.717) is 23.7 Å². The molecule has 1 aliphatic rings. The molecule has 2 aromatic carbocycles. The number of carbonyl (C=O) groups is 1. The smallest absolute Gasteiger partial charge is 0.241 e. The largest absolute Gasteiger partial charge is 0.497 e. The summed E-state index contributed by atoms with van der Waals surface area (Å²) < 4.78 is 15.8. The van der Waals surface area contributed by atoms with Crippen LogP contribution >= 0.6 is 0 Å². The molecule has 1 N–H and O–H groups in total. The lowest BCUT2D eigenvalue weighted by Gasteiger charge is -2.24. The molecule has 1 aliphatic heterocycles. The van der Waals surface area contributed by atoms with E-state index in [-0.39, 0.29) is 18.7 Å². The van der Waals surface area contributed by atoms with Crippen LogP contribution in [0, 0.1) is 0 Å². The van der Waals surface area contributed by atoms with Crippen LogP contribution in [0.1, 0.15) is 12.5 Å². The van der Waals surface area contributed by atoms with Crippen molar-refractivity contribution < 1.29 is 19.0 Å². The number of anilines is 1. The van der Waals surface area contributed by atoms with Gasteiger partial charge >= 0.3 is 0 Å². The SMILES string of the molecule is COc1cccc(CN(C)C(C)C(=O)Nc2ccc3c(c2)OCO3)c1. The zero-order valence-corrected chi connectivity index (χ0v) is 14.6. The van der Waals surface area contributed by atoms with Gasteiger partial charge in [0.25, 0.3) is 0 Å². The Labute approximate surface area is 147 Å². The maximum absolute atomic E-state index is 12.5. The van der Waals surface area contributed by atoms with Crippen molar-refractivity contribution in [1.29, 1.82) is 0 Å². The van der Waals surface area contributed by atoms with Crippen LogP contribution < -0.4 is 19.5 Å². The Morgan fingerprint density at radius 2 is 2.04 bits per heavy atom. The number of fused-ring (bicyclic) bond motifs is 1. The molecule has 0 fully saturated rings. The predicted octanol–water partition coefficient (Wildman–Crippen LogP) is 2.88. The van der Waals surface area contributed by atoms with Crippen molar-refractivity contribution in [3.8, 4) is 17.2 Å². The van der Waals surface area contributed by atoms with Crippen LogP contribution in [0.2, 0.25) is 0 Å². The van der Waals surface area contributed by atoms with Crippen molar-refractivity contribution in [1.82, 2.24) is 4.90 Å². The molecule has 0 saturated carbocycles. The van der Waals surface area contributed by atoms with Crippen LogP contribution in [0.25, 0.3) is 0 Å². The number of nitrogens with one attached hydrogen (secondary N) is 1. The number of ether oxygens (including phenoxy) is 3. The van der Waals surface area contributed by atoms with Gasteiger partial charge in [-0.15, -0.1) is 0 Å². The number of rotatable bonds is 6. The Kier molecular flexibility index (Phi) is 5.09. The third-order valence-electron chi connectivity index (χ3n) is 4.25. The van der Waals surface area contributed by atoms with E-state index < -0.39 is 0 Å². The van der Waals surface area contributed by atoms with Gasteiger partial charge in [-0.05, 0) is 43.8 Å². The number of hydrogen-bond acceptors (Lipinski definition) is 5. The maximum atomic E-state index is 12.5. The van der Waals surface area contributed by atoms with Crippen LogP contribution in [0.4, 0.5) is 5.69 Å². The highest BCUT2D eigenvalue weighted by molar-refractivity contribution is 5.94. The number of hydrogen-bond donors (Lipinski definition) is 1. The minimum Gasteiger partial charge on any atom is -0.497 e. The van der Waals surface area contributed by atoms with Crippen molar-refractivity contribution in [2.75, 3.05) is 26.3 Å². The van der Waals surface area contributed by atoms with E-state index in [1.807, 2.05) is 43.1 Å². The van der Waals surface area contributed by atoms with Gasteiger partial charge in [0.1, 0.15) is 5.75 Å². The predicted molar refractivity (Wildman–Crippen MR) is 95.1 cm³/mol. The molecule has 6 nitrogen and oxygen atoms in total. The van der Waals surface area contributed by atoms with Crippen LogP contribution in [0.5, 0.6) is 17.2 Å². The number of likely N-dealkylation sites (N-methyl/N-ethyl adjacent to an activating group) is 1. The molecule has 0 aromatic heterocycles. The molecule has 1 atom stereocenters. The van der Waals surface area contributed by atoms with E-state index in [2.05, 4.69) is 5.32 Å². The highest BCUT2D eigenvalue weighted by atomic mass is 16.7. The van der Waals surface area contributed by atoms with E-state index >= 15 is 0 Å². The summed E-state index contributed by atoms with van der Waals surface area (Å²) in [5.74, 6) is 2.07. The van der Waals surface area contributed by atoms with Gasteiger partial charge in [0.15, 0.2) is 11.5 Å². The second-order valence-corrected chi connectivity index (χ2v) is 6.00. The third kappa shape index (κ3) is 4.03. The maximum Gasteiger partial charge on any atom is 0.241 e. The van der Waals surface area contributed by atoms with Crippen LogP contribution in [-0.4, -0.2) is 37.8 Å². The molecule has 3 rings (SSSR count). The average Bonchev–Trinajstić information content (AvgIpc) is 3.08. The molecule has 2 aromatic rings. The molecule has 0 saturated heterocycles. The first-order chi connectivity index (χ1) is 12.1. The average molecular weight is 342 g/mol. The van der Waals surface area contributed by atoms with Gasteiger partial charge < -0.3 is 19.5 Å². The zero-order chi connectivity index (χ0) is 17.8. The Morgan fingerprint density at radius 1 is 1.24 bits per heavy atom. The van der Waals surface area contributed by atoms with Gasteiger partial charge in [-0.3, -0.25) is 9.69 Å². The molecule has 0 bridgehead atoms. The summed E-state index contributed by atoms with van der Waals surface area (Å²) in [7, 11) is 3.56. The lowest BCUT2D eigenvalue weighted by atomic mass is 10.1. The van der Waals surface area contributed by atoms with Crippen molar-refractivity contribution in [2.45, 2.75) is 19.5 Å². The van der Waals surface area contributed by atoms with Crippen LogP contribution in [0.15, 0.2) is 42.5 Å². The molecule has 6 heteroatoms. The number of carbonyl (C=O) groups excluding carboxylic acids is 1. The molecule has 1 heterocycles. The Balaban J connectivity index is 1.61. The fourth-order valence-corrected chi connectivity index (χ4v) is 2.62. The molecule has 132 valence electrons. The normalized spacial score (nSPS) is 13.6. The fraction of sp³-hybridized carbons (Fsp3) is 0.316. The van der Waals surface area contributed by atoms with Gasteiger partial charge in [0.2, 0.25) is 12.7 Å². The first-order valence-electron chi connectivity index (χ1n) is 8.10. The summed E-state index contributed by atoms with van der Waals surface area (Å²) in [6.45, 7) is 2.74. The van der Waals surface area contributed by atoms with Gasteiger partial charge in [0, 0.05) is 18.3 Å². The quantitative estimate of drug-likeness (QED) is 0.875. The molecule has 25 heavy (non-hydrogen) atoms. The Morgan fingerprint density at radius 3 is 2.84 bits per heavy atom. The third-order valence-corrected chi connectivity index (χ3v) is 4.25. The number of amides is 1. The van der Waals surface area contributed by atoms with Gasteiger partial charge in [-0.2, -0.15) is 0 Å². The minimum absolute atomic E-state index is 0.0794. The summed E-state index contributed by atoms with van der Waals surface area (Å²) in [5.41, 5.74) is 1.78. The second kappa shape index (κ2) is 7.44. The molecule has 1 amide bonds. The first-order valence-corrected chi connectivity index (χ1v) is 8.10. The number of methoxy groups -OCH3 is 1. The van der Waals surface area contributed by atoms with E-state index in [4.69, 9.17) is 14.2 Å². The van der Waals surface area contributed by atoms with E-state index in [1.165, 1.54) is 0 Å². The molecule has 0 aliphatic carbocycles. The molecule has 1 unspecified atom stereocenters. The van der Waals surface area contributed by atoms with Gasteiger partial charge in [0.05, 0.1) is 13.2 Å². The molecule has 0 spiro atoms. The first kappa shape index (κ1) is 17.1. The molecule has 0 radical (unpaired) electrons. The number of nitrogens with zero attached hydrogens (tertiary/aromatic N) is 1. The Bertz CT molecular complexity index is 763. The molecular formula is C19H22N2O4. The Hall–Kier alpha value is -2.73. The van der Waals surface area contributed by atoms with Crippen LogP contribution in [-0.2, 0) is 11.3 Å². The topological polar surface area (TPSA) is 60.0 Å². The lowest BCUT2D eigenvalue weighted by Crippen LogP contribution is -2.39. The number of benzene rings is 2. The van der Waals surface area contributed by atoms with Crippen molar-refractivity contribution in [2.24, 2.45) is 0 Å². The minimum atomic E-state index is -0.295. The highest BCUT2D eigenvalue weighted by Crippen LogP contribution is 2.34. The monoisotopic (exact) mass is 342 g/mol. The second-order valence-electron chi connectivity index (χ2n) is 6.00. The zero-order valence-electron chi connectivity index (χ0n) is 14.6. The van der Waals surface area contributed by atoms with E-state index in [0.717, 1.165) is 11.3 Å². The van der Waals surface area contributed by atoms with Crippen LogP contribution in [0.3, 0.4) is 0 Å². The lowest BCUT2D eigenvalue weighted by molar-refractivity contribution is -0.120. The van der Waals surface area contributed by atoms with Crippen molar-refractivity contribution >= 4 is 11.6 Å². The van der Waals surface area contributed by atoms with E-state index in [1.54, 1.807) is 25.3 Å². The fourth-order valence-electron chi connectivity index (χ4n) is 2.62. The van der Waals surface area contributed by atoms with E-state index in [9.17, 15) is 4.79 Å². The standard InChI is InChI=1S/C19H22N2O4/c1-13(21(2)11-14-5-4-6-16(9-14)23-3)19(22)20-15-7-8-17-18(10-15)25-12-24-17/h4-10,13H,11-12H2,1-3H3,(H,20,22). The summed E-state index contributed by atoms with van der Waals surface area (Å²) in [4.78, 5) is 14.5. The summed E-state index contributed by atoms with van der Waals surface area (Å²) in [5, 5.41) is 2.92. The molecular weight excluding hydrogens is 320 g/mol. The van der Waals surface area contributed by atoms with Gasteiger partial charge in [-0.25, -0.2) is 0 Å². The van der Waals surface area contributed by atoms with Gasteiger partial charge in [-0.1, -0.05) is 12.1 Å². The summed E-state index contributed by atoms with van der Waals surface area (Å²) in [6, 6.07) is 12.9. The highest BCUT2D eigenvalue weighted by Gasteiger charge is 2.20. The summed E-state index contributed by atoms with van der Waals surface area (Å²) in [6.07, 6.45) is 0.